The molecule has 1 aliphatic rings. The molecular formula is C25H22F5N5. The highest BCUT2D eigenvalue weighted by Gasteiger charge is 2.43. The molecular weight excluding hydrogens is 465 g/mol. The Kier molecular flexibility index (Phi) is 5.32. The summed E-state index contributed by atoms with van der Waals surface area (Å²) >= 11 is 0. The van der Waals surface area contributed by atoms with E-state index in [9.17, 15) is 22.0 Å². The predicted molar refractivity (Wildman–Crippen MR) is 124 cm³/mol. The Morgan fingerprint density at radius 2 is 1.80 bits per heavy atom. The van der Waals surface area contributed by atoms with E-state index < -0.39 is 23.4 Å². The first-order valence-electron chi connectivity index (χ1n) is 11.0. The molecule has 5 nitrogen and oxygen atoms in total. The molecule has 3 N–H and O–H groups in total. The number of H-pyrrole nitrogens is 1. The molecule has 0 saturated carbocycles. The summed E-state index contributed by atoms with van der Waals surface area (Å²) in [4.78, 5) is 13.5. The number of hydrogen-bond donors (Lipinski definition) is 2. The number of nitrogens with one attached hydrogen (secondary N) is 1. The van der Waals surface area contributed by atoms with Gasteiger partial charge < -0.3 is 15.6 Å². The topological polar surface area (TPSA) is 70.8 Å². The van der Waals surface area contributed by atoms with Gasteiger partial charge in [0.25, 0.3) is 0 Å². The van der Waals surface area contributed by atoms with E-state index in [0.29, 0.717) is 35.5 Å². The van der Waals surface area contributed by atoms with Gasteiger partial charge in [-0.1, -0.05) is 19.1 Å². The van der Waals surface area contributed by atoms with Gasteiger partial charge in [0.1, 0.15) is 17.2 Å². The van der Waals surface area contributed by atoms with E-state index in [1.807, 2.05) is 18.7 Å². The third kappa shape index (κ3) is 4.01. The van der Waals surface area contributed by atoms with E-state index in [-0.39, 0.29) is 28.3 Å². The van der Waals surface area contributed by atoms with Crippen LogP contribution in [0.4, 0.5) is 27.6 Å². The molecule has 2 aromatic carbocycles. The molecule has 3 heterocycles. The van der Waals surface area contributed by atoms with Crippen LogP contribution in [0.15, 0.2) is 48.8 Å². The number of benzene rings is 2. The molecule has 2 aromatic heterocycles. The summed E-state index contributed by atoms with van der Waals surface area (Å²) in [7, 11) is 0. The highest BCUT2D eigenvalue weighted by Crippen LogP contribution is 2.45. The number of nitrogens with two attached hydrogens (primary N) is 1. The van der Waals surface area contributed by atoms with Gasteiger partial charge in [0.15, 0.2) is 5.82 Å². The van der Waals surface area contributed by atoms with E-state index in [1.165, 1.54) is 18.5 Å². The second-order valence-corrected chi connectivity index (χ2v) is 9.33. The molecule has 5 rings (SSSR count). The van der Waals surface area contributed by atoms with Crippen LogP contribution in [-0.2, 0) is 6.18 Å². The number of imidazole rings is 1. The Hall–Kier alpha value is -3.53. The van der Waals surface area contributed by atoms with E-state index in [0.717, 1.165) is 24.3 Å². The van der Waals surface area contributed by atoms with Gasteiger partial charge in [0, 0.05) is 48.6 Å². The Morgan fingerprint density at radius 1 is 1.09 bits per heavy atom. The van der Waals surface area contributed by atoms with Crippen molar-refractivity contribution >= 4 is 16.7 Å². The van der Waals surface area contributed by atoms with Crippen LogP contribution in [-0.4, -0.2) is 34.1 Å². The number of pyridine rings is 1. The first-order valence-corrected chi connectivity index (χ1v) is 11.0. The lowest BCUT2D eigenvalue weighted by atomic mass is 9.75. The van der Waals surface area contributed by atoms with Crippen molar-refractivity contribution in [2.75, 3.05) is 18.0 Å². The van der Waals surface area contributed by atoms with Gasteiger partial charge in [-0.15, -0.1) is 0 Å². The molecule has 1 unspecified atom stereocenters. The lowest BCUT2D eigenvalue weighted by Crippen LogP contribution is -2.62. The first-order chi connectivity index (χ1) is 16.5. The van der Waals surface area contributed by atoms with Crippen LogP contribution in [0.25, 0.3) is 33.5 Å². The first kappa shape index (κ1) is 23.2. The molecule has 1 saturated heterocycles. The maximum absolute atomic E-state index is 14.3. The number of rotatable bonds is 4. The van der Waals surface area contributed by atoms with Crippen LogP contribution in [0.1, 0.15) is 19.4 Å². The summed E-state index contributed by atoms with van der Waals surface area (Å²) < 4.78 is 68.4. The van der Waals surface area contributed by atoms with Gasteiger partial charge >= 0.3 is 6.18 Å². The molecule has 35 heavy (non-hydrogen) atoms. The summed E-state index contributed by atoms with van der Waals surface area (Å²) in [6, 6.07) is 6.78. The number of anilines is 1. The SMILES string of the molecule is CC(N)C1(C)CN(c2c(-c3cccc(C(F)(F)F)c3)cncc2-c2nc3c(F)cc(F)cc3[nH]2)C1. The zero-order valence-electron chi connectivity index (χ0n) is 18.9. The Balaban J connectivity index is 1.70. The fourth-order valence-corrected chi connectivity index (χ4v) is 4.48. The standard InChI is InChI=1S/C25H22F5N5/c1-13(31)24(2)11-35(12-24)22-17(14-4-3-5-15(6-14)25(28,29)30)9-32-10-18(22)23-33-20-8-16(26)7-19(27)21(20)34-23/h3-10,13H,11-12,31H2,1-2H3,(H,33,34). The molecule has 182 valence electrons. The van der Waals surface area contributed by atoms with E-state index >= 15 is 0 Å². The van der Waals surface area contributed by atoms with Crippen LogP contribution < -0.4 is 10.6 Å². The van der Waals surface area contributed by atoms with Gasteiger partial charge in [0.05, 0.1) is 22.3 Å². The molecule has 10 heteroatoms. The fourth-order valence-electron chi connectivity index (χ4n) is 4.48. The number of halogens is 5. The van der Waals surface area contributed by atoms with Gasteiger partial charge in [-0.3, -0.25) is 4.98 Å². The van der Waals surface area contributed by atoms with Crippen molar-refractivity contribution in [3.05, 3.63) is 66.0 Å². The smallest absolute Gasteiger partial charge is 0.369 e. The van der Waals surface area contributed by atoms with Crippen molar-refractivity contribution in [3.63, 3.8) is 0 Å². The van der Waals surface area contributed by atoms with Gasteiger partial charge in [-0.05, 0) is 30.7 Å². The zero-order chi connectivity index (χ0) is 25.1. The summed E-state index contributed by atoms with van der Waals surface area (Å²) in [5.41, 5.74) is 7.15. The van der Waals surface area contributed by atoms with Crippen molar-refractivity contribution in [2.45, 2.75) is 26.1 Å². The zero-order valence-corrected chi connectivity index (χ0v) is 18.9. The third-order valence-corrected chi connectivity index (χ3v) is 6.70. The number of aromatic nitrogens is 3. The number of fused-ring (bicyclic) bond motifs is 1. The van der Waals surface area contributed by atoms with Crippen LogP contribution in [0.5, 0.6) is 0 Å². The molecule has 0 amide bonds. The van der Waals surface area contributed by atoms with Gasteiger partial charge in [0.2, 0.25) is 0 Å². The Morgan fingerprint density at radius 3 is 2.49 bits per heavy atom. The molecule has 0 aliphatic carbocycles. The highest BCUT2D eigenvalue weighted by atomic mass is 19.4. The lowest BCUT2D eigenvalue weighted by molar-refractivity contribution is -0.137. The maximum atomic E-state index is 14.3. The highest BCUT2D eigenvalue weighted by molar-refractivity contribution is 5.91. The Bertz CT molecular complexity index is 1420. The molecule has 1 aliphatic heterocycles. The number of aromatic amines is 1. The van der Waals surface area contributed by atoms with Gasteiger partial charge in [-0.2, -0.15) is 13.2 Å². The molecule has 1 fully saturated rings. The fraction of sp³-hybridized carbons (Fsp3) is 0.280. The monoisotopic (exact) mass is 487 g/mol. The second-order valence-electron chi connectivity index (χ2n) is 9.33. The van der Waals surface area contributed by atoms with Crippen LogP contribution in [0, 0.1) is 17.0 Å². The number of nitrogens with zero attached hydrogens (tertiary/aromatic N) is 3. The van der Waals surface area contributed by atoms with Crippen molar-refractivity contribution in [3.8, 4) is 22.5 Å². The predicted octanol–water partition coefficient (Wildman–Crippen LogP) is 5.76. The average Bonchev–Trinajstić information content (AvgIpc) is 3.20. The summed E-state index contributed by atoms with van der Waals surface area (Å²) in [6.45, 7) is 5.06. The van der Waals surface area contributed by atoms with Crippen molar-refractivity contribution in [1.82, 2.24) is 15.0 Å². The summed E-state index contributed by atoms with van der Waals surface area (Å²) in [6.07, 6.45) is -1.50. The minimum Gasteiger partial charge on any atom is -0.369 e. The quantitative estimate of drug-likeness (QED) is 0.359. The maximum Gasteiger partial charge on any atom is 0.416 e. The largest absolute Gasteiger partial charge is 0.416 e. The van der Waals surface area contributed by atoms with Crippen molar-refractivity contribution in [2.24, 2.45) is 11.1 Å². The Labute approximate surface area is 197 Å². The van der Waals surface area contributed by atoms with Gasteiger partial charge in [-0.25, -0.2) is 13.8 Å². The lowest BCUT2D eigenvalue weighted by Gasteiger charge is -2.52. The normalized spacial score (nSPS) is 16.4. The molecule has 4 aromatic rings. The minimum absolute atomic E-state index is 0.0409. The average molecular weight is 487 g/mol. The summed E-state index contributed by atoms with van der Waals surface area (Å²) in [5.74, 6) is -1.34. The van der Waals surface area contributed by atoms with E-state index in [2.05, 4.69) is 15.0 Å². The number of alkyl halides is 3. The van der Waals surface area contributed by atoms with E-state index in [4.69, 9.17) is 5.73 Å². The van der Waals surface area contributed by atoms with E-state index in [1.54, 1.807) is 6.07 Å². The van der Waals surface area contributed by atoms with Crippen LogP contribution >= 0.6 is 0 Å². The third-order valence-electron chi connectivity index (χ3n) is 6.70. The molecule has 0 bridgehead atoms. The van der Waals surface area contributed by atoms with Crippen LogP contribution in [0.3, 0.4) is 0 Å². The minimum atomic E-state index is -4.51. The molecule has 0 radical (unpaired) electrons. The molecule has 0 spiro atoms. The van der Waals surface area contributed by atoms with Crippen molar-refractivity contribution in [1.29, 1.82) is 0 Å². The van der Waals surface area contributed by atoms with Crippen molar-refractivity contribution < 1.29 is 22.0 Å². The summed E-state index contributed by atoms with van der Waals surface area (Å²) in [5, 5.41) is 0. The number of hydrogen-bond acceptors (Lipinski definition) is 4. The molecule has 1 atom stereocenters. The van der Waals surface area contributed by atoms with Crippen LogP contribution in [0.2, 0.25) is 0 Å². The second kappa shape index (κ2) is 8.01.